The van der Waals surface area contributed by atoms with Gasteiger partial charge in [0.25, 0.3) is 5.69 Å². The van der Waals surface area contributed by atoms with E-state index in [1.54, 1.807) is 0 Å². The molecule has 5 rings (SSSR count). The lowest BCUT2D eigenvalue weighted by molar-refractivity contribution is -0.384. The quantitative estimate of drug-likeness (QED) is 0.625. The molecule has 0 N–H and O–H groups in total. The molecule has 0 aromatic heterocycles. The van der Waals surface area contributed by atoms with Crippen molar-refractivity contribution in [1.29, 1.82) is 0 Å². The number of ether oxygens (including phenoxy) is 1. The molecule has 2 unspecified atom stereocenters. The van der Waals surface area contributed by atoms with E-state index in [0.717, 1.165) is 32.5 Å². The van der Waals surface area contributed by atoms with Crippen molar-refractivity contribution in [2.24, 2.45) is 5.92 Å². The first-order valence-electron chi connectivity index (χ1n) is 8.66. The second-order valence-corrected chi connectivity index (χ2v) is 7.13. The average molecular weight is 335 g/mol. The summed E-state index contributed by atoms with van der Waals surface area (Å²) in [5, 5.41) is 11.2. The number of morpholine rings is 1. The standard InChI is InChI=1S/C17H22FN3O3/c18-15-2-1-3-16(21(22)23)17(15)20-6-4-12(5-7-20)9-19-10-13-8-14(11-19)24-13/h1-3,12-14H,4-11H2. The highest BCUT2D eigenvalue weighted by molar-refractivity contribution is 5.64. The molecule has 4 fully saturated rings. The Morgan fingerprint density at radius 3 is 2.54 bits per heavy atom. The van der Waals surface area contributed by atoms with Crippen molar-refractivity contribution in [3.05, 3.63) is 34.1 Å². The van der Waals surface area contributed by atoms with Gasteiger partial charge in [-0.15, -0.1) is 0 Å². The molecule has 6 nitrogen and oxygen atoms in total. The van der Waals surface area contributed by atoms with E-state index in [4.69, 9.17) is 4.74 Å². The summed E-state index contributed by atoms with van der Waals surface area (Å²) in [4.78, 5) is 15.0. The van der Waals surface area contributed by atoms with Crippen LogP contribution in [0.15, 0.2) is 18.2 Å². The van der Waals surface area contributed by atoms with Gasteiger partial charge in [-0.3, -0.25) is 15.0 Å². The predicted molar refractivity (Wildman–Crippen MR) is 87.7 cm³/mol. The van der Waals surface area contributed by atoms with Crippen LogP contribution >= 0.6 is 0 Å². The molecule has 0 aliphatic carbocycles. The summed E-state index contributed by atoms with van der Waals surface area (Å²) >= 11 is 0. The number of piperidine rings is 2. The van der Waals surface area contributed by atoms with Crippen molar-refractivity contribution in [3.63, 3.8) is 0 Å². The topological polar surface area (TPSA) is 58.9 Å². The number of hydrogen-bond acceptors (Lipinski definition) is 5. The first-order chi connectivity index (χ1) is 11.6. The second kappa shape index (κ2) is 6.29. The third-order valence-corrected chi connectivity index (χ3v) is 5.44. The maximum Gasteiger partial charge on any atom is 0.295 e. The van der Waals surface area contributed by atoms with Crippen molar-refractivity contribution in [2.45, 2.75) is 31.5 Å². The normalized spacial score (nSPS) is 27.8. The molecule has 0 radical (unpaired) electrons. The van der Waals surface area contributed by atoms with Gasteiger partial charge in [-0.1, -0.05) is 6.07 Å². The highest BCUT2D eigenvalue weighted by Gasteiger charge is 2.39. The number of nitro groups is 1. The summed E-state index contributed by atoms with van der Waals surface area (Å²) in [6, 6.07) is 4.08. The van der Waals surface area contributed by atoms with Gasteiger partial charge in [0.2, 0.25) is 0 Å². The molecule has 2 atom stereocenters. The summed E-state index contributed by atoms with van der Waals surface area (Å²) in [5.41, 5.74) is 0.00952. The number of benzene rings is 1. The number of rotatable bonds is 4. The fourth-order valence-electron chi connectivity index (χ4n) is 4.26. The van der Waals surface area contributed by atoms with Crippen LogP contribution in [0, 0.1) is 21.8 Å². The van der Waals surface area contributed by atoms with E-state index < -0.39 is 10.7 Å². The number of halogens is 1. The highest BCUT2D eigenvalue weighted by Crippen LogP contribution is 2.34. The summed E-state index contributed by atoms with van der Waals surface area (Å²) in [7, 11) is 0. The lowest BCUT2D eigenvalue weighted by Gasteiger charge is -2.48. The fourth-order valence-corrected chi connectivity index (χ4v) is 4.26. The predicted octanol–water partition coefficient (Wildman–Crippen LogP) is 2.42. The van der Waals surface area contributed by atoms with Crippen molar-refractivity contribution in [3.8, 4) is 0 Å². The minimum atomic E-state index is -0.504. The summed E-state index contributed by atoms with van der Waals surface area (Å²) in [6.07, 6.45) is 3.93. The van der Waals surface area contributed by atoms with Gasteiger partial charge in [-0.25, -0.2) is 4.39 Å². The van der Waals surface area contributed by atoms with Gasteiger partial charge in [-0.05, 0) is 24.8 Å². The van der Waals surface area contributed by atoms with E-state index in [9.17, 15) is 14.5 Å². The molecule has 4 aliphatic rings. The van der Waals surface area contributed by atoms with E-state index in [1.807, 2.05) is 4.90 Å². The third kappa shape index (κ3) is 2.98. The number of fused-ring (bicyclic) bond motifs is 2. The van der Waals surface area contributed by atoms with E-state index in [-0.39, 0.29) is 11.4 Å². The Morgan fingerprint density at radius 1 is 1.25 bits per heavy atom. The maximum absolute atomic E-state index is 14.1. The van der Waals surface area contributed by atoms with Crippen LogP contribution in [0.4, 0.5) is 15.8 Å². The molecule has 2 bridgehead atoms. The Labute approximate surface area is 140 Å². The molecule has 0 saturated carbocycles. The molecule has 1 aromatic carbocycles. The molecule has 130 valence electrons. The first-order valence-corrected chi connectivity index (χ1v) is 8.66. The molecular weight excluding hydrogens is 313 g/mol. The monoisotopic (exact) mass is 335 g/mol. The minimum absolute atomic E-state index is 0.137. The van der Waals surface area contributed by atoms with Crippen molar-refractivity contribution >= 4 is 11.4 Å². The molecule has 24 heavy (non-hydrogen) atoms. The number of anilines is 1. The van der Waals surface area contributed by atoms with Crippen molar-refractivity contribution < 1.29 is 14.1 Å². The molecule has 0 amide bonds. The molecule has 4 aliphatic heterocycles. The molecular formula is C17H22FN3O3. The Balaban J connectivity index is 1.37. The SMILES string of the molecule is O=[N+]([O-])c1cccc(F)c1N1CCC(CN2CC3CC(C2)O3)CC1. The number of para-hydroxylation sites is 1. The van der Waals surface area contributed by atoms with Gasteiger partial charge in [0, 0.05) is 45.2 Å². The lowest BCUT2D eigenvalue weighted by Crippen LogP contribution is -2.58. The van der Waals surface area contributed by atoms with Gasteiger partial charge in [0.15, 0.2) is 11.5 Å². The summed E-state index contributed by atoms with van der Waals surface area (Å²) < 4.78 is 19.8. The molecule has 4 saturated heterocycles. The van der Waals surface area contributed by atoms with Crippen LogP contribution < -0.4 is 4.90 Å². The van der Waals surface area contributed by atoms with Crippen LogP contribution in [0.3, 0.4) is 0 Å². The van der Waals surface area contributed by atoms with Gasteiger partial charge in [-0.2, -0.15) is 0 Å². The Morgan fingerprint density at radius 2 is 1.92 bits per heavy atom. The Hall–Kier alpha value is -1.73. The summed E-state index contributed by atoms with van der Waals surface area (Å²) in [5.74, 6) is 0.0699. The maximum atomic E-state index is 14.1. The minimum Gasteiger partial charge on any atom is -0.372 e. The van der Waals surface area contributed by atoms with Crippen LogP contribution in [0.1, 0.15) is 19.3 Å². The zero-order chi connectivity index (χ0) is 16.7. The second-order valence-electron chi connectivity index (χ2n) is 7.13. The van der Waals surface area contributed by atoms with Gasteiger partial charge in [0.05, 0.1) is 17.1 Å². The zero-order valence-electron chi connectivity index (χ0n) is 13.6. The zero-order valence-corrected chi connectivity index (χ0v) is 13.6. The molecule has 0 spiro atoms. The first kappa shape index (κ1) is 15.8. The molecule has 4 heterocycles. The fraction of sp³-hybridized carbons (Fsp3) is 0.647. The Bertz CT molecular complexity index is 618. The van der Waals surface area contributed by atoms with E-state index >= 15 is 0 Å². The van der Waals surface area contributed by atoms with Crippen LogP contribution in [-0.2, 0) is 4.74 Å². The van der Waals surface area contributed by atoms with E-state index in [1.165, 1.54) is 24.6 Å². The average Bonchev–Trinajstić information content (AvgIpc) is 2.55. The van der Waals surface area contributed by atoms with Gasteiger partial charge in [0.1, 0.15) is 0 Å². The summed E-state index contributed by atoms with van der Waals surface area (Å²) in [6.45, 7) is 4.45. The van der Waals surface area contributed by atoms with Gasteiger partial charge >= 0.3 is 0 Å². The third-order valence-electron chi connectivity index (χ3n) is 5.44. The van der Waals surface area contributed by atoms with Crippen molar-refractivity contribution in [2.75, 3.05) is 37.6 Å². The Kier molecular flexibility index (Phi) is 4.14. The molecule has 1 aromatic rings. The smallest absolute Gasteiger partial charge is 0.295 e. The van der Waals surface area contributed by atoms with Crippen LogP contribution in [0.5, 0.6) is 0 Å². The largest absolute Gasteiger partial charge is 0.372 e. The molecule has 7 heteroatoms. The number of nitrogens with zero attached hydrogens (tertiary/aromatic N) is 3. The van der Waals surface area contributed by atoms with Crippen molar-refractivity contribution in [1.82, 2.24) is 4.90 Å². The lowest BCUT2D eigenvalue weighted by atomic mass is 9.92. The highest BCUT2D eigenvalue weighted by atomic mass is 19.1. The van der Waals surface area contributed by atoms with E-state index in [0.29, 0.717) is 31.2 Å². The van der Waals surface area contributed by atoms with Crippen LogP contribution in [0.25, 0.3) is 0 Å². The van der Waals surface area contributed by atoms with Crippen LogP contribution in [0.2, 0.25) is 0 Å². The van der Waals surface area contributed by atoms with Gasteiger partial charge < -0.3 is 9.64 Å². The van der Waals surface area contributed by atoms with E-state index in [2.05, 4.69) is 4.90 Å². The number of hydrogen-bond donors (Lipinski definition) is 0. The van der Waals surface area contributed by atoms with Crippen LogP contribution in [-0.4, -0.2) is 54.8 Å². The number of nitro benzene ring substituents is 1.